The average Bonchev–Trinajstić information content (AvgIpc) is 3.44. The zero-order chi connectivity index (χ0) is 21.9. The molecule has 5 heterocycles. The van der Waals surface area contributed by atoms with Gasteiger partial charge in [-0.15, -0.1) is 0 Å². The van der Waals surface area contributed by atoms with Crippen LogP contribution in [0.5, 0.6) is 0 Å². The lowest BCUT2D eigenvalue weighted by Crippen LogP contribution is -2.29. The number of hydrogen-bond acceptors (Lipinski definition) is 7. The van der Waals surface area contributed by atoms with Gasteiger partial charge in [-0.2, -0.15) is 5.10 Å². The van der Waals surface area contributed by atoms with Crippen LogP contribution in [-0.2, 0) is 20.6 Å². The van der Waals surface area contributed by atoms with Gasteiger partial charge in [-0.25, -0.2) is 9.50 Å². The van der Waals surface area contributed by atoms with Gasteiger partial charge in [0, 0.05) is 11.6 Å². The first-order valence-electron chi connectivity index (χ1n) is 10.9. The van der Waals surface area contributed by atoms with E-state index in [0.717, 1.165) is 35.0 Å². The van der Waals surface area contributed by atoms with Crippen LogP contribution in [0.25, 0.3) is 16.4 Å². The second-order valence-electron chi connectivity index (χ2n) is 8.93. The Morgan fingerprint density at radius 3 is 2.84 bits per heavy atom. The maximum absolute atomic E-state index is 6.54. The van der Waals surface area contributed by atoms with Crippen molar-refractivity contribution < 1.29 is 14.2 Å². The molecule has 0 amide bonds. The summed E-state index contributed by atoms with van der Waals surface area (Å²) >= 11 is 0. The summed E-state index contributed by atoms with van der Waals surface area (Å²) < 4.78 is 20.9. The second kappa shape index (κ2) is 7.23. The number of pyridine rings is 1. The molecule has 8 nitrogen and oxygen atoms in total. The minimum absolute atomic E-state index is 0.101. The molecule has 0 bridgehead atoms. The maximum atomic E-state index is 6.54. The second-order valence-corrected chi connectivity index (χ2v) is 8.93. The third kappa shape index (κ3) is 3.23. The molecule has 0 aliphatic carbocycles. The van der Waals surface area contributed by atoms with Crippen molar-refractivity contribution in [3.63, 3.8) is 0 Å². The normalized spacial score (nSPS) is 26.7. The molecule has 1 aromatic carbocycles. The molecule has 2 saturated heterocycles. The molecule has 2 aliphatic rings. The van der Waals surface area contributed by atoms with E-state index in [2.05, 4.69) is 39.3 Å². The monoisotopic (exact) mass is 431 g/mol. The van der Waals surface area contributed by atoms with Crippen LogP contribution in [0, 0.1) is 0 Å². The average molecular weight is 431 g/mol. The highest BCUT2D eigenvalue weighted by atomic mass is 16.8. The number of nitrogens with zero attached hydrogens (tertiary/aromatic N) is 4. The number of fused-ring (bicyclic) bond motifs is 3. The number of nitrogens with two attached hydrogens (primary N) is 1. The minimum Gasteiger partial charge on any atom is -0.382 e. The van der Waals surface area contributed by atoms with E-state index in [1.54, 1.807) is 4.52 Å². The number of aryl methyl sites for hydroxylation is 1. The Morgan fingerprint density at radius 1 is 1.06 bits per heavy atom. The van der Waals surface area contributed by atoms with Gasteiger partial charge in [-0.1, -0.05) is 18.2 Å². The zero-order valence-corrected chi connectivity index (χ0v) is 18.0. The van der Waals surface area contributed by atoms with Crippen molar-refractivity contribution in [1.82, 2.24) is 19.6 Å². The molecule has 0 unspecified atom stereocenters. The Balaban J connectivity index is 1.28. The van der Waals surface area contributed by atoms with Gasteiger partial charge >= 0.3 is 0 Å². The number of hydrogen-bond donors (Lipinski definition) is 1. The van der Waals surface area contributed by atoms with Gasteiger partial charge in [0.05, 0.1) is 17.3 Å². The van der Waals surface area contributed by atoms with Gasteiger partial charge in [0.15, 0.2) is 11.6 Å². The van der Waals surface area contributed by atoms with E-state index >= 15 is 0 Å². The largest absolute Gasteiger partial charge is 0.382 e. The molecule has 0 spiro atoms. The first-order chi connectivity index (χ1) is 15.5. The molecule has 4 atom stereocenters. The van der Waals surface area contributed by atoms with Crippen molar-refractivity contribution >= 4 is 22.2 Å². The summed E-state index contributed by atoms with van der Waals surface area (Å²) in [5.74, 6) is -0.227. The van der Waals surface area contributed by atoms with Crippen molar-refractivity contribution in [2.24, 2.45) is 0 Å². The Labute approximate surface area is 185 Å². The molecular formula is C24H25N5O3. The highest BCUT2D eigenvalue weighted by molar-refractivity contribution is 5.78. The van der Waals surface area contributed by atoms with Crippen LogP contribution in [0.15, 0.2) is 55.0 Å². The summed E-state index contributed by atoms with van der Waals surface area (Å²) in [4.78, 5) is 8.56. The van der Waals surface area contributed by atoms with Crippen LogP contribution < -0.4 is 5.73 Å². The van der Waals surface area contributed by atoms with Crippen molar-refractivity contribution in [3.8, 4) is 0 Å². The number of nitrogen functional groups attached to an aromatic ring is 1. The molecule has 2 fully saturated rings. The Morgan fingerprint density at radius 2 is 1.94 bits per heavy atom. The lowest BCUT2D eigenvalue weighted by Gasteiger charge is -2.24. The van der Waals surface area contributed by atoms with E-state index in [9.17, 15) is 0 Å². The van der Waals surface area contributed by atoms with Gasteiger partial charge < -0.3 is 19.9 Å². The summed E-state index contributed by atoms with van der Waals surface area (Å²) in [5, 5.41) is 5.53. The predicted molar refractivity (Wildman–Crippen MR) is 119 cm³/mol. The number of ether oxygens (including phenoxy) is 3. The highest BCUT2D eigenvalue weighted by Crippen LogP contribution is 2.46. The Hall–Kier alpha value is -3.07. The fraction of sp³-hybridized carbons (Fsp3) is 0.375. The molecular weight excluding hydrogens is 406 g/mol. The summed E-state index contributed by atoms with van der Waals surface area (Å²) in [6.45, 7) is 3.90. The third-order valence-corrected chi connectivity index (χ3v) is 6.34. The summed E-state index contributed by atoms with van der Waals surface area (Å²) in [6, 6.07) is 14.4. The van der Waals surface area contributed by atoms with Gasteiger partial charge in [0.2, 0.25) is 0 Å². The lowest BCUT2D eigenvalue weighted by atomic mass is 10.00. The smallest absolute Gasteiger partial charge is 0.164 e. The van der Waals surface area contributed by atoms with Gasteiger partial charge in [0.25, 0.3) is 0 Å². The number of benzene rings is 1. The topological polar surface area (TPSA) is 96.8 Å². The van der Waals surface area contributed by atoms with Crippen LogP contribution >= 0.6 is 0 Å². The van der Waals surface area contributed by atoms with Crippen LogP contribution in [0.4, 0.5) is 5.82 Å². The molecule has 164 valence electrons. The van der Waals surface area contributed by atoms with E-state index in [1.165, 1.54) is 11.9 Å². The standard InChI is InChI=1S/C24H25N5O3/c1-24(2)31-21-19(10-6-14-5-7-15-4-3-11-26-16(15)12-14)30-20(22(21)32-24)17-8-9-18-23(25)27-13-28-29(17)18/h3-5,7-9,11-13,19-22H,6,10H2,1-2H3,(H2,25,27,28)/t19-,20+,21-,22+/m1/s1. The predicted octanol–water partition coefficient (Wildman–Crippen LogP) is 3.45. The summed E-state index contributed by atoms with van der Waals surface area (Å²) in [6.07, 6.45) is 4.18. The number of rotatable bonds is 4. The first kappa shape index (κ1) is 19.6. The molecule has 3 aromatic heterocycles. The molecule has 2 aliphatic heterocycles. The van der Waals surface area contributed by atoms with Crippen molar-refractivity contribution in [2.45, 2.75) is 56.9 Å². The molecule has 8 heteroatoms. The number of anilines is 1. The lowest BCUT2D eigenvalue weighted by molar-refractivity contribution is -0.188. The Kier molecular flexibility index (Phi) is 4.43. The molecule has 4 aromatic rings. The van der Waals surface area contributed by atoms with Crippen molar-refractivity contribution in [3.05, 3.63) is 66.2 Å². The molecule has 32 heavy (non-hydrogen) atoms. The van der Waals surface area contributed by atoms with E-state index in [-0.39, 0.29) is 24.4 Å². The fourth-order valence-corrected chi connectivity index (χ4v) is 4.92. The van der Waals surface area contributed by atoms with E-state index in [1.807, 2.05) is 38.2 Å². The minimum atomic E-state index is -0.663. The van der Waals surface area contributed by atoms with E-state index in [0.29, 0.717) is 5.82 Å². The highest BCUT2D eigenvalue weighted by Gasteiger charge is 2.55. The Bertz CT molecular complexity index is 1300. The molecule has 2 N–H and O–H groups in total. The van der Waals surface area contributed by atoms with Crippen molar-refractivity contribution in [1.29, 1.82) is 0 Å². The first-order valence-corrected chi connectivity index (χ1v) is 10.9. The van der Waals surface area contributed by atoms with Crippen LogP contribution in [-0.4, -0.2) is 43.7 Å². The fourth-order valence-electron chi connectivity index (χ4n) is 4.92. The quantitative estimate of drug-likeness (QED) is 0.529. The van der Waals surface area contributed by atoms with E-state index in [4.69, 9.17) is 19.9 Å². The summed E-state index contributed by atoms with van der Waals surface area (Å²) in [7, 11) is 0. The van der Waals surface area contributed by atoms with Crippen molar-refractivity contribution in [2.75, 3.05) is 5.73 Å². The van der Waals surface area contributed by atoms with Crippen LogP contribution in [0.1, 0.15) is 37.6 Å². The number of aromatic nitrogens is 4. The maximum Gasteiger partial charge on any atom is 0.164 e. The van der Waals surface area contributed by atoms with Crippen LogP contribution in [0.2, 0.25) is 0 Å². The van der Waals surface area contributed by atoms with E-state index < -0.39 is 5.79 Å². The zero-order valence-electron chi connectivity index (χ0n) is 18.0. The van der Waals surface area contributed by atoms with Gasteiger partial charge in [-0.3, -0.25) is 4.98 Å². The molecule has 0 saturated carbocycles. The molecule has 0 radical (unpaired) electrons. The van der Waals surface area contributed by atoms with Crippen LogP contribution in [0.3, 0.4) is 0 Å². The summed E-state index contributed by atoms with van der Waals surface area (Å²) in [5.41, 5.74) is 9.91. The van der Waals surface area contributed by atoms with Gasteiger partial charge in [-0.05, 0) is 56.5 Å². The SMILES string of the molecule is CC1(C)O[C@@H]2[C@H](O1)[C@@H](CCc1ccc3cccnc3c1)O[C@H]2c1ccc2c(N)ncnn12. The molecule has 6 rings (SSSR count). The third-order valence-electron chi connectivity index (χ3n) is 6.34. The van der Waals surface area contributed by atoms with Gasteiger partial charge in [0.1, 0.15) is 30.2 Å².